The van der Waals surface area contributed by atoms with Crippen molar-refractivity contribution in [3.05, 3.63) is 29.3 Å². The SMILES string of the molecule is Cc1ccc(C(=O)NC(CC(=O)O)C2CC2)cc1O. The number of carboxylic acid groups (broad SMARTS) is 1. The highest BCUT2D eigenvalue weighted by atomic mass is 16.4. The Morgan fingerprint density at radius 3 is 2.63 bits per heavy atom. The van der Waals surface area contributed by atoms with Gasteiger partial charge in [0.25, 0.3) is 5.91 Å². The number of benzene rings is 1. The van der Waals surface area contributed by atoms with E-state index in [1.807, 2.05) is 0 Å². The number of hydrogen-bond donors (Lipinski definition) is 3. The van der Waals surface area contributed by atoms with Crippen molar-refractivity contribution in [3.63, 3.8) is 0 Å². The number of aromatic hydroxyl groups is 1. The molecule has 5 nitrogen and oxygen atoms in total. The smallest absolute Gasteiger partial charge is 0.305 e. The Hall–Kier alpha value is -2.04. The molecule has 3 N–H and O–H groups in total. The van der Waals surface area contributed by atoms with E-state index in [1.54, 1.807) is 19.1 Å². The molecule has 0 aromatic heterocycles. The molecule has 0 aliphatic heterocycles. The Bertz CT molecular complexity index is 508. The molecular formula is C14H17NO4. The van der Waals surface area contributed by atoms with Crippen LogP contribution in [0.1, 0.15) is 35.2 Å². The Labute approximate surface area is 111 Å². The minimum absolute atomic E-state index is 0.0613. The topological polar surface area (TPSA) is 86.6 Å². The first-order valence-corrected chi connectivity index (χ1v) is 6.29. The molecule has 102 valence electrons. The fourth-order valence-corrected chi connectivity index (χ4v) is 2.02. The van der Waals surface area contributed by atoms with Gasteiger partial charge in [0.1, 0.15) is 5.75 Å². The van der Waals surface area contributed by atoms with Crippen LogP contribution < -0.4 is 5.32 Å². The van der Waals surface area contributed by atoms with Crippen LogP contribution in [0.3, 0.4) is 0 Å². The van der Waals surface area contributed by atoms with Gasteiger partial charge in [-0.05, 0) is 43.4 Å². The Morgan fingerprint density at radius 1 is 1.42 bits per heavy atom. The molecule has 0 heterocycles. The molecule has 5 heteroatoms. The van der Waals surface area contributed by atoms with Crippen LogP contribution in [0.5, 0.6) is 5.75 Å². The third-order valence-electron chi connectivity index (χ3n) is 3.37. The van der Waals surface area contributed by atoms with Crippen molar-refractivity contribution in [2.75, 3.05) is 0 Å². The van der Waals surface area contributed by atoms with E-state index in [9.17, 15) is 14.7 Å². The predicted molar refractivity (Wildman–Crippen MR) is 69.1 cm³/mol. The summed E-state index contributed by atoms with van der Waals surface area (Å²) in [5.74, 6) is -0.926. The summed E-state index contributed by atoms with van der Waals surface area (Å²) in [6, 6.07) is 4.35. The second-order valence-electron chi connectivity index (χ2n) is 5.02. The minimum Gasteiger partial charge on any atom is -0.508 e. The normalized spacial score (nSPS) is 15.8. The molecule has 1 aromatic rings. The average Bonchev–Trinajstić information content (AvgIpc) is 3.15. The lowest BCUT2D eigenvalue weighted by Gasteiger charge is -2.16. The highest BCUT2D eigenvalue weighted by molar-refractivity contribution is 5.95. The van der Waals surface area contributed by atoms with Gasteiger partial charge in [0.2, 0.25) is 0 Å². The first-order chi connectivity index (χ1) is 8.97. The van der Waals surface area contributed by atoms with Gasteiger partial charge >= 0.3 is 5.97 Å². The number of rotatable bonds is 5. The molecule has 1 aliphatic rings. The molecule has 1 saturated carbocycles. The number of phenolic OH excluding ortho intramolecular Hbond substituents is 1. The lowest BCUT2D eigenvalue weighted by Crippen LogP contribution is -2.38. The third kappa shape index (κ3) is 3.47. The van der Waals surface area contributed by atoms with E-state index >= 15 is 0 Å². The third-order valence-corrected chi connectivity index (χ3v) is 3.37. The largest absolute Gasteiger partial charge is 0.508 e. The van der Waals surface area contributed by atoms with Crippen LogP contribution in [-0.2, 0) is 4.79 Å². The number of aliphatic carboxylic acids is 1. The summed E-state index contributed by atoms with van der Waals surface area (Å²) >= 11 is 0. The van der Waals surface area contributed by atoms with Crippen LogP contribution in [0.2, 0.25) is 0 Å². The van der Waals surface area contributed by atoms with Crippen molar-refractivity contribution >= 4 is 11.9 Å². The number of carbonyl (C=O) groups is 2. The molecule has 1 amide bonds. The Morgan fingerprint density at radius 2 is 2.11 bits per heavy atom. The zero-order chi connectivity index (χ0) is 14.0. The van der Waals surface area contributed by atoms with Crippen molar-refractivity contribution in [2.24, 2.45) is 5.92 Å². The average molecular weight is 263 g/mol. The van der Waals surface area contributed by atoms with Gasteiger partial charge in [-0.3, -0.25) is 9.59 Å². The van der Waals surface area contributed by atoms with Crippen LogP contribution in [0.15, 0.2) is 18.2 Å². The molecule has 2 rings (SSSR count). The zero-order valence-electron chi connectivity index (χ0n) is 10.7. The number of carbonyl (C=O) groups excluding carboxylic acids is 1. The van der Waals surface area contributed by atoms with Gasteiger partial charge < -0.3 is 15.5 Å². The molecule has 0 bridgehead atoms. The van der Waals surface area contributed by atoms with E-state index in [1.165, 1.54) is 6.07 Å². The molecule has 0 spiro atoms. The summed E-state index contributed by atoms with van der Waals surface area (Å²) in [6.07, 6.45) is 1.85. The van der Waals surface area contributed by atoms with Crippen LogP contribution in [0.25, 0.3) is 0 Å². The fourth-order valence-electron chi connectivity index (χ4n) is 2.02. The molecule has 0 saturated heterocycles. The highest BCUT2D eigenvalue weighted by Crippen LogP contribution is 2.34. The summed E-state index contributed by atoms with van der Waals surface area (Å²) in [5.41, 5.74) is 1.04. The first-order valence-electron chi connectivity index (χ1n) is 6.29. The van der Waals surface area contributed by atoms with Gasteiger partial charge in [-0.1, -0.05) is 6.07 Å². The second kappa shape index (κ2) is 5.30. The zero-order valence-corrected chi connectivity index (χ0v) is 10.7. The van der Waals surface area contributed by atoms with Gasteiger partial charge in [-0.25, -0.2) is 0 Å². The first kappa shape index (κ1) is 13.4. The van der Waals surface area contributed by atoms with Crippen molar-refractivity contribution in [1.82, 2.24) is 5.32 Å². The Kier molecular flexibility index (Phi) is 3.74. The van der Waals surface area contributed by atoms with Gasteiger partial charge in [-0.2, -0.15) is 0 Å². The second-order valence-corrected chi connectivity index (χ2v) is 5.02. The van der Waals surface area contributed by atoms with Crippen molar-refractivity contribution in [2.45, 2.75) is 32.2 Å². The lowest BCUT2D eigenvalue weighted by atomic mass is 10.1. The van der Waals surface area contributed by atoms with E-state index in [-0.39, 0.29) is 30.0 Å². The monoisotopic (exact) mass is 263 g/mol. The Balaban J connectivity index is 2.05. The van der Waals surface area contributed by atoms with E-state index in [4.69, 9.17) is 5.11 Å². The predicted octanol–water partition coefficient (Wildman–Crippen LogP) is 1.68. The molecule has 1 fully saturated rings. The molecule has 1 atom stereocenters. The molecule has 19 heavy (non-hydrogen) atoms. The number of carboxylic acids is 1. The maximum absolute atomic E-state index is 12.0. The van der Waals surface area contributed by atoms with Gasteiger partial charge in [0, 0.05) is 11.6 Å². The summed E-state index contributed by atoms with van der Waals surface area (Å²) in [5, 5.41) is 21.2. The molecule has 0 radical (unpaired) electrons. The van der Waals surface area contributed by atoms with Crippen molar-refractivity contribution in [1.29, 1.82) is 0 Å². The summed E-state index contributed by atoms with van der Waals surface area (Å²) < 4.78 is 0. The number of amides is 1. The van der Waals surface area contributed by atoms with Crippen molar-refractivity contribution in [3.8, 4) is 5.75 Å². The molecule has 1 aliphatic carbocycles. The van der Waals surface area contributed by atoms with Gasteiger partial charge in [0.15, 0.2) is 0 Å². The van der Waals surface area contributed by atoms with Crippen LogP contribution in [-0.4, -0.2) is 28.1 Å². The quantitative estimate of drug-likeness (QED) is 0.754. The number of hydrogen-bond acceptors (Lipinski definition) is 3. The van der Waals surface area contributed by atoms with E-state index in [2.05, 4.69) is 5.32 Å². The maximum atomic E-state index is 12.0. The van der Waals surface area contributed by atoms with E-state index in [0.717, 1.165) is 12.8 Å². The van der Waals surface area contributed by atoms with E-state index in [0.29, 0.717) is 11.1 Å². The fraction of sp³-hybridized carbons (Fsp3) is 0.429. The van der Waals surface area contributed by atoms with Crippen LogP contribution in [0.4, 0.5) is 0 Å². The summed E-state index contributed by atoms with van der Waals surface area (Å²) in [7, 11) is 0. The van der Waals surface area contributed by atoms with E-state index < -0.39 is 5.97 Å². The molecular weight excluding hydrogens is 246 g/mol. The van der Waals surface area contributed by atoms with Crippen LogP contribution >= 0.6 is 0 Å². The number of phenols is 1. The highest BCUT2D eigenvalue weighted by Gasteiger charge is 2.33. The molecule has 1 aromatic carbocycles. The van der Waals surface area contributed by atoms with Crippen LogP contribution in [0, 0.1) is 12.8 Å². The van der Waals surface area contributed by atoms with Gasteiger partial charge in [-0.15, -0.1) is 0 Å². The maximum Gasteiger partial charge on any atom is 0.305 e. The minimum atomic E-state index is -0.913. The standard InChI is InChI=1S/C14H17NO4/c1-8-2-3-10(6-12(8)16)14(19)15-11(7-13(17)18)9-4-5-9/h2-3,6,9,11,16H,4-5,7H2,1H3,(H,15,19)(H,17,18). The number of aryl methyl sites for hydroxylation is 1. The molecule has 1 unspecified atom stereocenters. The number of nitrogens with one attached hydrogen (secondary N) is 1. The van der Waals surface area contributed by atoms with Crippen molar-refractivity contribution < 1.29 is 19.8 Å². The van der Waals surface area contributed by atoms with Gasteiger partial charge in [0.05, 0.1) is 6.42 Å². The lowest BCUT2D eigenvalue weighted by molar-refractivity contribution is -0.137. The summed E-state index contributed by atoms with van der Waals surface area (Å²) in [6.45, 7) is 1.74. The summed E-state index contributed by atoms with van der Waals surface area (Å²) in [4.78, 5) is 22.8.